The van der Waals surface area contributed by atoms with Crippen molar-refractivity contribution in [2.24, 2.45) is 0 Å². The Balaban J connectivity index is 2.57. The SMILES string of the molecule is CN1CCc2c(I)cccc21. The fourth-order valence-electron chi connectivity index (χ4n) is 1.55. The van der Waals surface area contributed by atoms with E-state index in [9.17, 15) is 0 Å². The molecule has 2 heteroatoms. The summed E-state index contributed by atoms with van der Waals surface area (Å²) in [6.45, 7) is 1.18. The maximum Gasteiger partial charge on any atom is 0.0407 e. The number of nitrogens with zero attached hydrogens (tertiary/aromatic N) is 1. The van der Waals surface area contributed by atoms with Gasteiger partial charge in [-0.05, 0) is 46.7 Å². The highest BCUT2D eigenvalue weighted by atomic mass is 127. The normalized spacial score (nSPS) is 15.3. The summed E-state index contributed by atoms with van der Waals surface area (Å²) in [4.78, 5) is 2.32. The molecule has 0 bridgehead atoms. The Morgan fingerprint density at radius 1 is 1.45 bits per heavy atom. The van der Waals surface area contributed by atoms with E-state index in [1.165, 1.54) is 27.8 Å². The van der Waals surface area contributed by atoms with E-state index in [0.29, 0.717) is 0 Å². The zero-order chi connectivity index (χ0) is 7.84. The van der Waals surface area contributed by atoms with Gasteiger partial charge in [0, 0.05) is 22.8 Å². The highest BCUT2D eigenvalue weighted by Gasteiger charge is 2.16. The summed E-state index contributed by atoms with van der Waals surface area (Å²) >= 11 is 2.41. The van der Waals surface area contributed by atoms with Crippen molar-refractivity contribution in [3.63, 3.8) is 0 Å². The monoisotopic (exact) mass is 259 g/mol. The Kier molecular flexibility index (Phi) is 1.79. The van der Waals surface area contributed by atoms with Crippen molar-refractivity contribution in [1.29, 1.82) is 0 Å². The van der Waals surface area contributed by atoms with Gasteiger partial charge in [0.1, 0.15) is 0 Å². The summed E-state index contributed by atoms with van der Waals surface area (Å²) in [5, 5.41) is 0. The van der Waals surface area contributed by atoms with Gasteiger partial charge in [-0.3, -0.25) is 0 Å². The molecule has 1 aromatic rings. The second kappa shape index (κ2) is 2.66. The molecule has 0 aliphatic carbocycles. The lowest BCUT2D eigenvalue weighted by atomic mass is 10.2. The van der Waals surface area contributed by atoms with Crippen LogP contribution in [0.3, 0.4) is 0 Å². The molecule has 0 unspecified atom stereocenters. The van der Waals surface area contributed by atoms with Gasteiger partial charge < -0.3 is 4.90 Å². The molecule has 0 amide bonds. The van der Waals surface area contributed by atoms with Gasteiger partial charge in [-0.25, -0.2) is 0 Å². The van der Waals surface area contributed by atoms with Crippen LogP contribution in [-0.2, 0) is 6.42 Å². The van der Waals surface area contributed by atoms with E-state index in [1.807, 2.05) is 0 Å². The lowest BCUT2D eigenvalue weighted by Gasteiger charge is -2.11. The van der Waals surface area contributed by atoms with Gasteiger partial charge in [0.25, 0.3) is 0 Å². The van der Waals surface area contributed by atoms with Crippen molar-refractivity contribution in [3.05, 3.63) is 27.3 Å². The van der Waals surface area contributed by atoms with Crippen LogP contribution >= 0.6 is 22.6 Å². The summed E-state index contributed by atoms with van der Waals surface area (Å²) < 4.78 is 1.41. The number of halogens is 1. The number of hydrogen-bond acceptors (Lipinski definition) is 1. The lowest BCUT2D eigenvalue weighted by Crippen LogP contribution is -2.12. The van der Waals surface area contributed by atoms with Crippen LogP contribution in [0.25, 0.3) is 0 Å². The summed E-state index contributed by atoms with van der Waals surface area (Å²) in [6.07, 6.45) is 1.21. The Labute approximate surface area is 80.5 Å². The van der Waals surface area contributed by atoms with Crippen LogP contribution < -0.4 is 4.90 Å². The number of anilines is 1. The van der Waals surface area contributed by atoms with Crippen molar-refractivity contribution < 1.29 is 0 Å². The minimum absolute atomic E-state index is 1.18. The Hall–Kier alpha value is -0.250. The molecule has 0 N–H and O–H groups in total. The molecule has 0 radical (unpaired) electrons. The zero-order valence-electron chi connectivity index (χ0n) is 6.47. The molecule has 0 atom stereocenters. The van der Waals surface area contributed by atoms with E-state index >= 15 is 0 Å². The maximum absolute atomic E-state index is 2.41. The summed E-state index contributed by atoms with van der Waals surface area (Å²) in [5.74, 6) is 0. The van der Waals surface area contributed by atoms with E-state index < -0.39 is 0 Å². The van der Waals surface area contributed by atoms with E-state index in [2.05, 4.69) is 52.7 Å². The minimum Gasteiger partial charge on any atom is -0.374 e. The summed E-state index contributed by atoms with van der Waals surface area (Å²) in [7, 11) is 2.15. The lowest BCUT2D eigenvalue weighted by molar-refractivity contribution is 0.955. The molecule has 0 fully saturated rings. The molecule has 0 saturated carbocycles. The van der Waals surface area contributed by atoms with Crippen molar-refractivity contribution in [3.8, 4) is 0 Å². The number of rotatable bonds is 0. The number of fused-ring (bicyclic) bond motifs is 1. The van der Waals surface area contributed by atoms with E-state index in [1.54, 1.807) is 0 Å². The summed E-state index contributed by atoms with van der Waals surface area (Å²) in [6, 6.07) is 6.51. The molecule has 2 rings (SSSR count). The average molecular weight is 259 g/mol. The van der Waals surface area contributed by atoms with Crippen molar-refractivity contribution in [2.45, 2.75) is 6.42 Å². The first-order chi connectivity index (χ1) is 5.29. The van der Waals surface area contributed by atoms with Crippen molar-refractivity contribution in [2.75, 3.05) is 18.5 Å². The fraction of sp³-hybridized carbons (Fsp3) is 0.333. The Morgan fingerprint density at radius 2 is 2.27 bits per heavy atom. The van der Waals surface area contributed by atoms with Crippen LogP contribution in [0.4, 0.5) is 5.69 Å². The molecule has 1 heterocycles. The molecule has 11 heavy (non-hydrogen) atoms. The standard InChI is InChI=1S/C9H10IN/c1-11-6-5-7-8(10)3-2-4-9(7)11/h2-4H,5-6H2,1H3. The third-order valence-electron chi connectivity index (χ3n) is 2.20. The van der Waals surface area contributed by atoms with Crippen LogP contribution in [0.5, 0.6) is 0 Å². The van der Waals surface area contributed by atoms with Gasteiger partial charge in [-0.15, -0.1) is 0 Å². The smallest absolute Gasteiger partial charge is 0.0407 e. The Morgan fingerprint density at radius 3 is 3.00 bits per heavy atom. The first-order valence-corrected chi connectivity index (χ1v) is 4.85. The second-order valence-electron chi connectivity index (χ2n) is 2.91. The average Bonchev–Trinajstić information content (AvgIpc) is 2.35. The third kappa shape index (κ3) is 1.13. The van der Waals surface area contributed by atoms with Crippen LogP contribution in [-0.4, -0.2) is 13.6 Å². The van der Waals surface area contributed by atoms with Gasteiger partial charge in [0.15, 0.2) is 0 Å². The predicted molar refractivity (Wildman–Crippen MR) is 56.1 cm³/mol. The quantitative estimate of drug-likeness (QED) is 0.646. The van der Waals surface area contributed by atoms with Gasteiger partial charge >= 0.3 is 0 Å². The molecule has 1 aliphatic rings. The topological polar surface area (TPSA) is 3.24 Å². The largest absolute Gasteiger partial charge is 0.374 e. The third-order valence-corrected chi connectivity index (χ3v) is 3.21. The van der Waals surface area contributed by atoms with Crippen molar-refractivity contribution in [1.82, 2.24) is 0 Å². The van der Waals surface area contributed by atoms with E-state index in [0.717, 1.165) is 0 Å². The first-order valence-electron chi connectivity index (χ1n) is 3.77. The molecular weight excluding hydrogens is 249 g/mol. The highest BCUT2D eigenvalue weighted by Crippen LogP contribution is 2.29. The van der Waals surface area contributed by atoms with E-state index in [-0.39, 0.29) is 0 Å². The van der Waals surface area contributed by atoms with Gasteiger partial charge in [0.2, 0.25) is 0 Å². The predicted octanol–water partition coefficient (Wildman–Crippen LogP) is 2.28. The molecule has 0 aromatic heterocycles. The van der Waals surface area contributed by atoms with Crippen molar-refractivity contribution >= 4 is 28.3 Å². The molecule has 1 aromatic carbocycles. The minimum atomic E-state index is 1.18. The molecule has 0 saturated heterocycles. The van der Waals surface area contributed by atoms with Crippen LogP contribution in [0, 0.1) is 3.57 Å². The number of likely N-dealkylation sites (N-methyl/N-ethyl adjacent to an activating group) is 1. The fourth-order valence-corrected chi connectivity index (χ4v) is 2.31. The highest BCUT2D eigenvalue weighted by molar-refractivity contribution is 14.1. The summed E-state index contributed by atoms with van der Waals surface area (Å²) in [5.41, 5.74) is 2.94. The number of benzene rings is 1. The van der Waals surface area contributed by atoms with Crippen LogP contribution in [0.15, 0.2) is 18.2 Å². The maximum atomic E-state index is 2.41. The molecule has 1 aliphatic heterocycles. The van der Waals surface area contributed by atoms with Crippen LogP contribution in [0.2, 0.25) is 0 Å². The molecule has 0 spiro atoms. The number of hydrogen-bond donors (Lipinski definition) is 0. The van der Waals surface area contributed by atoms with Crippen LogP contribution in [0.1, 0.15) is 5.56 Å². The molecular formula is C9H10IN. The first kappa shape index (κ1) is 7.40. The zero-order valence-corrected chi connectivity index (χ0v) is 8.63. The van der Waals surface area contributed by atoms with Gasteiger partial charge in [-0.2, -0.15) is 0 Å². The molecule has 58 valence electrons. The Bertz CT molecular complexity index is 283. The molecule has 1 nitrogen and oxygen atoms in total. The van der Waals surface area contributed by atoms with Gasteiger partial charge in [-0.1, -0.05) is 6.07 Å². The van der Waals surface area contributed by atoms with Gasteiger partial charge in [0.05, 0.1) is 0 Å². The second-order valence-corrected chi connectivity index (χ2v) is 4.07. The van der Waals surface area contributed by atoms with E-state index in [4.69, 9.17) is 0 Å².